The zero-order valence-electron chi connectivity index (χ0n) is 44.9. The molecule has 6 heteroatoms. The van der Waals surface area contributed by atoms with Crippen molar-refractivity contribution in [3.05, 3.63) is 297 Å². The number of aryl methyl sites for hydroxylation is 10. The predicted octanol–water partition coefficient (Wildman–Crippen LogP) is 20.7. The Morgan fingerprint density at radius 1 is 0.171 bits per heavy atom. The summed E-state index contributed by atoms with van der Waals surface area (Å²) in [6, 6.07) is 63.3. The summed E-state index contributed by atoms with van der Waals surface area (Å²) < 4.78 is 81.0. The molecule has 0 N–H and O–H groups in total. The Morgan fingerprint density at radius 2 is 0.382 bits per heavy atom. The van der Waals surface area contributed by atoms with Gasteiger partial charge in [-0.25, -0.2) is 26.3 Å². The number of hydrogen-bond donors (Lipinski definition) is 0. The Morgan fingerprint density at radius 3 is 0.645 bits per heavy atom. The summed E-state index contributed by atoms with van der Waals surface area (Å²) in [4.78, 5) is 0. The average Bonchev–Trinajstić information content (AvgIpc) is 3.39. The molecule has 0 saturated carbocycles. The van der Waals surface area contributed by atoms with Crippen LogP contribution in [0.2, 0.25) is 0 Å². The third kappa shape index (κ3) is 16.4. The van der Waals surface area contributed by atoms with Gasteiger partial charge in [-0.15, -0.1) is 0 Å². The third-order valence-corrected chi connectivity index (χ3v) is 12.7. The molecule has 76 heavy (non-hydrogen) atoms. The Hall–Kier alpha value is -8.22. The zero-order valence-corrected chi connectivity index (χ0v) is 44.9. The van der Waals surface area contributed by atoms with E-state index in [0.717, 1.165) is 33.4 Å². The van der Waals surface area contributed by atoms with Gasteiger partial charge in [-0.05, 0) is 178 Å². The molecule has 0 spiro atoms. The molecule has 386 valence electrons. The lowest BCUT2D eigenvalue weighted by Gasteiger charge is -2.06. The standard InChI is InChI=1S/2C14H12F2.2C14H13F.C14H14/c1-9-3-5-11(7-13(9)15)12-6-4-10(2)14(16)8-12;1-9-3-5-11(13(15)7-9)12-6-4-10(2)8-14(12)16;1-10-3-6-12(7-4-10)13-8-5-11(2)14(15)9-13;1-10-3-6-12(7-4-10)13-8-5-11(2)9-14(13)15;1-11-3-7-13(8-4-11)14-9-5-12(2)6-10-14/h2*3-8H,1-2H3;2*3-9H,1-2H3;3-10H,1-2H3. The molecule has 0 aliphatic rings. The second-order valence-electron chi connectivity index (χ2n) is 19.3. The summed E-state index contributed by atoms with van der Waals surface area (Å²) in [7, 11) is 0. The number of rotatable bonds is 5. The van der Waals surface area contributed by atoms with Gasteiger partial charge >= 0.3 is 0 Å². The van der Waals surface area contributed by atoms with Gasteiger partial charge in [0.1, 0.15) is 34.9 Å². The molecule has 0 saturated heterocycles. The fraction of sp³-hybridized carbons (Fsp3) is 0.143. The van der Waals surface area contributed by atoms with Gasteiger partial charge in [-0.3, -0.25) is 0 Å². The summed E-state index contributed by atoms with van der Waals surface area (Å²) in [5.74, 6) is -1.60. The third-order valence-electron chi connectivity index (χ3n) is 12.7. The molecule has 0 nitrogen and oxygen atoms in total. The van der Waals surface area contributed by atoms with E-state index < -0.39 is 0 Å². The van der Waals surface area contributed by atoms with E-state index in [4.69, 9.17) is 0 Å². The molecular formula is C70H64F6. The summed E-state index contributed by atoms with van der Waals surface area (Å²) in [6.07, 6.45) is 0. The first-order valence-electron chi connectivity index (χ1n) is 25.1. The molecule has 0 fully saturated rings. The Labute approximate surface area is 446 Å². The van der Waals surface area contributed by atoms with Crippen LogP contribution in [0.5, 0.6) is 0 Å². The molecule has 0 aromatic heterocycles. The maximum Gasteiger partial charge on any atom is 0.131 e. The molecule has 10 aromatic rings. The van der Waals surface area contributed by atoms with Crippen molar-refractivity contribution in [1.82, 2.24) is 0 Å². The minimum Gasteiger partial charge on any atom is -0.207 e. The first-order valence-corrected chi connectivity index (χ1v) is 25.1. The first-order chi connectivity index (χ1) is 36.2. The molecule has 0 amide bonds. The monoisotopic (exact) mass is 1020 g/mol. The predicted molar refractivity (Wildman–Crippen MR) is 307 cm³/mol. The lowest BCUT2D eigenvalue weighted by molar-refractivity contribution is 0.615. The van der Waals surface area contributed by atoms with Gasteiger partial charge in [-0.1, -0.05) is 192 Å². The van der Waals surface area contributed by atoms with E-state index >= 15 is 0 Å². The van der Waals surface area contributed by atoms with Crippen LogP contribution < -0.4 is 0 Å². The van der Waals surface area contributed by atoms with Crippen molar-refractivity contribution in [1.29, 1.82) is 0 Å². The van der Waals surface area contributed by atoms with Crippen LogP contribution in [0.4, 0.5) is 26.3 Å². The lowest BCUT2D eigenvalue weighted by Crippen LogP contribution is -1.90. The molecule has 10 rings (SSSR count). The van der Waals surface area contributed by atoms with Crippen LogP contribution in [0.25, 0.3) is 55.6 Å². The van der Waals surface area contributed by atoms with Crippen molar-refractivity contribution >= 4 is 0 Å². The van der Waals surface area contributed by atoms with Crippen LogP contribution in [-0.4, -0.2) is 0 Å². The van der Waals surface area contributed by atoms with Crippen LogP contribution in [0, 0.1) is 104 Å². The van der Waals surface area contributed by atoms with Gasteiger partial charge < -0.3 is 0 Å². The summed E-state index contributed by atoms with van der Waals surface area (Å²) >= 11 is 0. The summed E-state index contributed by atoms with van der Waals surface area (Å²) in [5.41, 5.74) is 17.7. The minimum absolute atomic E-state index is 0.145. The van der Waals surface area contributed by atoms with Crippen molar-refractivity contribution in [3.8, 4) is 55.6 Å². The quantitative estimate of drug-likeness (QED) is 0.151. The highest BCUT2D eigenvalue weighted by molar-refractivity contribution is 5.68. The average molecular weight is 1020 g/mol. The van der Waals surface area contributed by atoms with Crippen molar-refractivity contribution in [2.24, 2.45) is 0 Å². The van der Waals surface area contributed by atoms with Crippen molar-refractivity contribution < 1.29 is 26.3 Å². The Balaban J connectivity index is 0.000000154. The summed E-state index contributed by atoms with van der Waals surface area (Å²) in [5, 5.41) is 0. The van der Waals surface area contributed by atoms with Crippen molar-refractivity contribution in [2.45, 2.75) is 69.2 Å². The van der Waals surface area contributed by atoms with Gasteiger partial charge in [0.15, 0.2) is 0 Å². The Kier molecular flexibility index (Phi) is 20.1. The van der Waals surface area contributed by atoms with E-state index in [2.05, 4.69) is 62.4 Å². The van der Waals surface area contributed by atoms with Gasteiger partial charge in [0.2, 0.25) is 0 Å². The maximum atomic E-state index is 13.7. The van der Waals surface area contributed by atoms with E-state index in [-0.39, 0.29) is 34.9 Å². The van der Waals surface area contributed by atoms with Gasteiger partial charge in [0.05, 0.1) is 0 Å². The highest BCUT2D eigenvalue weighted by Gasteiger charge is 2.11. The second kappa shape index (κ2) is 26.8. The van der Waals surface area contributed by atoms with Gasteiger partial charge in [0.25, 0.3) is 0 Å². The molecule has 0 radical (unpaired) electrons. The first kappa shape index (κ1) is 57.1. The second-order valence-corrected chi connectivity index (χ2v) is 19.3. The van der Waals surface area contributed by atoms with Crippen LogP contribution in [0.15, 0.2) is 206 Å². The molecule has 0 atom stereocenters. The Bertz CT molecular complexity index is 3360. The van der Waals surface area contributed by atoms with E-state index in [9.17, 15) is 26.3 Å². The SMILES string of the molecule is Cc1ccc(-c2ccc(C)c(F)c2)cc1.Cc1ccc(-c2ccc(C)c(F)c2)cc1F.Cc1ccc(-c2ccc(C)cc2)cc1.Cc1ccc(-c2ccc(C)cc2F)c(F)c1.Cc1ccc(-c2ccc(C)cc2F)cc1. The van der Waals surface area contributed by atoms with E-state index in [1.54, 1.807) is 95.3 Å². The lowest BCUT2D eigenvalue weighted by atomic mass is 10.0. The van der Waals surface area contributed by atoms with Gasteiger partial charge in [-0.2, -0.15) is 0 Å². The van der Waals surface area contributed by atoms with E-state index in [1.807, 2.05) is 93.6 Å². The van der Waals surface area contributed by atoms with Crippen LogP contribution in [-0.2, 0) is 0 Å². The largest absolute Gasteiger partial charge is 0.207 e. The normalized spacial score (nSPS) is 10.4. The van der Waals surface area contributed by atoms with E-state index in [1.165, 1.54) is 57.6 Å². The van der Waals surface area contributed by atoms with Crippen LogP contribution in [0.3, 0.4) is 0 Å². The fourth-order valence-electron chi connectivity index (χ4n) is 7.82. The molecule has 0 aliphatic carbocycles. The molecule has 10 aromatic carbocycles. The van der Waals surface area contributed by atoms with Crippen LogP contribution in [0.1, 0.15) is 55.6 Å². The maximum absolute atomic E-state index is 13.7. The molecule has 0 bridgehead atoms. The van der Waals surface area contributed by atoms with Crippen LogP contribution >= 0.6 is 0 Å². The number of halogens is 6. The fourth-order valence-corrected chi connectivity index (χ4v) is 7.82. The number of hydrogen-bond acceptors (Lipinski definition) is 0. The summed E-state index contributed by atoms with van der Waals surface area (Å²) in [6.45, 7) is 19.0. The van der Waals surface area contributed by atoms with E-state index in [0.29, 0.717) is 44.5 Å². The molecule has 0 aliphatic heterocycles. The van der Waals surface area contributed by atoms with Gasteiger partial charge in [0, 0.05) is 16.7 Å². The molecule has 0 heterocycles. The number of benzene rings is 10. The minimum atomic E-state index is -0.386. The molecular weight excluding hydrogens is 955 g/mol. The highest BCUT2D eigenvalue weighted by Crippen LogP contribution is 2.29. The van der Waals surface area contributed by atoms with Crippen molar-refractivity contribution in [3.63, 3.8) is 0 Å². The molecule has 0 unspecified atom stereocenters. The smallest absolute Gasteiger partial charge is 0.131 e. The zero-order chi connectivity index (χ0) is 55.1. The van der Waals surface area contributed by atoms with Crippen molar-refractivity contribution in [2.75, 3.05) is 0 Å². The topological polar surface area (TPSA) is 0 Å². The highest BCUT2D eigenvalue weighted by atomic mass is 19.1.